The Morgan fingerprint density at radius 3 is 2.73 bits per heavy atom. The van der Waals surface area contributed by atoms with Gasteiger partial charge in [0, 0.05) is 43.7 Å². The number of hydrogen-bond acceptors (Lipinski definition) is 3. The van der Waals surface area contributed by atoms with Crippen LogP contribution in [0.4, 0.5) is 0 Å². The smallest absolute Gasteiger partial charge is 0.0658 e. The molecule has 4 atom stereocenters. The highest BCUT2D eigenvalue weighted by Crippen LogP contribution is 2.42. The fourth-order valence-corrected chi connectivity index (χ4v) is 5.17. The van der Waals surface area contributed by atoms with Crippen molar-refractivity contribution >= 4 is 0 Å². The van der Waals surface area contributed by atoms with Gasteiger partial charge in [-0.25, -0.2) is 0 Å². The van der Waals surface area contributed by atoms with Crippen molar-refractivity contribution in [3.05, 3.63) is 17.5 Å². The lowest BCUT2D eigenvalue weighted by Gasteiger charge is -2.49. The first kappa shape index (κ1) is 14.7. The molecule has 1 unspecified atom stereocenters. The first-order chi connectivity index (χ1) is 10.8. The van der Waals surface area contributed by atoms with Crippen LogP contribution in [0.5, 0.6) is 0 Å². The third-order valence-electron chi connectivity index (χ3n) is 6.49. The summed E-state index contributed by atoms with van der Waals surface area (Å²) in [5.41, 5.74) is 8.79. The van der Waals surface area contributed by atoms with Crippen molar-refractivity contribution in [1.29, 1.82) is 0 Å². The van der Waals surface area contributed by atoms with E-state index in [1.165, 1.54) is 69.4 Å². The Morgan fingerprint density at radius 2 is 2.05 bits per heavy atom. The van der Waals surface area contributed by atoms with E-state index in [0.29, 0.717) is 17.9 Å². The SMILES string of the molecule is Cn1nc(C2CCCCC2)cc1[C@H]1CN2CC[C@H]1C[C@@H]2CN. The maximum absolute atomic E-state index is 5.95. The van der Waals surface area contributed by atoms with Gasteiger partial charge in [0.05, 0.1) is 5.69 Å². The minimum absolute atomic E-state index is 0.626. The minimum Gasteiger partial charge on any atom is -0.329 e. The van der Waals surface area contributed by atoms with Gasteiger partial charge in [0.25, 0.3) is 0 Å². The van der Waals surface area contributed by atoms with E-state index in [0.717, 1.165) is 12.5 Å². The molecule has 4 fully saturated rings. The topological polar surface area (TPSA) is 47.1 Å². The number of rotatable bonds is 3. The molecule has 0 amide bonds. The summed E-state index contributed by atoms with van der Waals surface area (Å²) in [5.74, 6) is 2.20. The molecule has 4 aliphatic rings. The lowest BCUT2D eigenvalue weighted by atomic mass is 9.74. The molecule has 4 nitrogen and oxygen atoms in total. The fourth-order valence-electron chi connectivity index (χ4n) is 5.17. The number of nitrogens with two attached hydrogens (primary N) is 1. The highest BCUT2D eigenvalue weighted by Gasteiger charge is 2.41. The highest BCUT2D eigenvalue weighted by atomic mass is 15.3. The van der Waals surface area contributed by atoms with E-state index in [1.807, 2.05) is 0 Å². The molecular weight excluding hydrogens is 272 g/mol. The van der Waals surface area contributed by atoms with Gasteiger partial charge < -0.3 is 5.73 Å². The average molecular weight is 302 g/mol. The second-order valence-electron chi connectivity index (χ2n) is 7.73. The summed E-state index contributed by atoms with van der Waals surface area (Å²) >= 11 is 0. The molecule has 0 aromatic carbocycles. The van der Waals surface area contributed by atoms with Gasteiger partial charge in [-0.1, -0.05) is 19.3 Å². The van der Waals surface area contributed by atoms with Gasteiger partial charge in [0.15, 0.2) is 0 Å². The molecule has 1 saturated carbocycles. The number of nitrogens with zero attached hydrogens (tertiary/aromatic N) is 3. The number of aryl methyl sites for hydroxylation is 1. The Bertz CT molecular complexity index is 517. The van der Waals surface area contributed by atoms with Crippen molar-refractivity contribution in [1.82, 2.24) is 14.7 Å². The molecule has 1 aromatic rings. The normalized spacial score (nSPS) is 35.9. The first-order valence-corrected chi connectivity index (χ1v) is 9.24. The molecule has 1 aliphatic carbocycles. The summed E-state index contributed by atoms with van der Waals surface area (Å²) in [6.45, 7) is 3.26. The maximum atomic E-state index is 5.95. The number of hydrogen-bond donors (Lipinski definition) is 1. The molecule has 4 heterocycles. The zero-order chi connectivity index (χ0) is 15.1. The van der Waals surface area contributed by atoms with Crippen LogP contribution < -0.4 is 5.73 Å². The molecule has 5 rings (SSSR count). The molecule has 0 spiro atoms. The summed E-state index contributed by atoms with van der Waals surface area (Å²) < 4.78 is 2.19. The number of piperidine rings is 3. The maximum Gasteiger partial charge on any atom is 0.0658 e. The van der Waals surface area contributed by atoms with Gasteiger partial charge in [-0.2, -0.15) is 5.10 Å². The van der Waals surface area contributed by atoms with E-state index in [2.05, 4.69) is 22.7 Å². The lowest BCUT2D eigenvalue weighted by molar-refractivity contribution is 0.0322. The van der Waals surface area contributed by atoms with Gasteiger partial charge in [-0.15, -0.1) is 0 Å². The first-order valence-electron chi connectivity index (χ1n) is 9.24. The predicted octanol–water partition coefficient (Wildman–Crippen LogP) is 2.60. The molecule has 122 valence electrons. The van der Waals surface area contributed by atoms with Crippen LogP contribution in [0.15, 0.2) is 6.07 Å². The third kappa shape index (κ3) is 2.50. The minimum atomic E-state index is 0.626. The van der Waals surface area contributed by atoms with Crippen molar-refractivity contribution < 1.29 is 0 Å². The zero-order valence-corrected chi connectivity index (χ0v) is 13.9. The molecule has 2 bridgehead atoms. The van der Waals surface area contributed by atoms with Crippen molar-refractivity contribution in [3.63, 3.8) is 0 Å². The van der Waals surface area contributed by atoms with Crippen LogP contribution in [0.1, 0.15) is 68.2 Å². The molecule has 22 heavy (non-hydrogen) atoms. The summed E-state index contributed by atoms with van der Waals surface area (Å²) in [6.07, 6.45) is 9.48. The van der Waals surface area contributed by atoms with Crippen molar-refractivity contribution in [2.24, 2.45) is 18.7 Å². The lowest BCUT2D eigenvalue weighted by Crippen LogP contribution is -2.55. The average Bonchev–Trinajstić information content (AvgIpc) is 2.97. The predicted molar refractivity (Wildman–Crippen MR) is 88.9 cm³/mol. The van der Waals surface area contributed by atoms with E-state index in [4.69, 9.17) is 10.8 Å². The van der Waals surface area contributed by atoms with Crippen LogP contribution in [0.3, 0.4) is 0 Å². The summed E-state index contributed by atoms with van der Waals surface area (Å²) in [6, 6.07) is 3.07. The molecule has 2 N–H and O–H groups in total. The van der Waals surface area contributed by atoms with Gasteiger partial charge in [-0.05, 0) is 44.2 Å². The van der Waals surface area contributed by atoms with Crippen molar-refractivity contribution in [3.8, 4) is 0 Å². The monoisotopic (exact) mass is 302 g/mol. The molecule has 3 aliphatic heterocycles. The highest BCUT2D eigenvalue weighted by molar-refractivity contribution is 5.21. The Balaban J connectivity index is 1.54. The Kier molecular flexibility index (Phi) is 3.99. The molecule has 1 aromatic heterocycles. The van der Waals surface area contributed by atoms with Gasteiger partial charge >= 0.3 is 0 Å². The second-order valence-corrected chi connectivity index (χ2v) is 7.73. The van der Waals surface area contributed by atoms with E-state index < -0.39 is 0 Å². The summed E-state index contributed by atoms with van der Waals surface area (Å²) in [4.78, 5) is 2.62. The Hall–Kier alpha value is -0.870. The third-order valence-corrected chi connectivity index (χ3v) is 6.49. The number of aromatic nitrogens is 2. The van der Waals surface area contributed by atoms with E-state index in [9.17, 15) is 0 Å². The van der Waals surface area contributed by atoms with Crippen LogP contribution in [0, 0.1) is 5.92 Å². The number of fused-ring (bicyclic) bond motifs is 3. The molecule has 4 heteroatoms. The van der Waals surface area contributed by atoms with Crippen LogP contribution in [0.2, 0.25) is 0 Å². The van der Waals surface area contributed by atoms with E-state index >= 15 is 0 Å². The standard InChI is InChI=1S/C18H30N4/c1-21-18(10-17(20-21)13-5-3-2-4-6-13)16-12-22-8-7-14(16)9-15(22)11-19/h10,13-16H,2-9,11-12,19H2,1H3/t14-,15+,16-/m0/s1. The Labute approximate surface area is 134 Å². The summed E-state index contributed by atoms with van der Waals surface area (Å²) in [5, 5.41) is 4.91. The van der Waals surface area contributed by atoms with E-state index in [-0.39, 0.29) is 0 Å². The van der Waals surface area contributed by atoms with E-state index in [1.54, 1.807) is 0 Å². The van der Waals surface area contributed by atoms with Crippen LogP contribution >= 0.6 is 0 Å². The van der Waals surface area contributed by atoms with Crippen molar-refractivity contribution in [2.75, 3.05) is 19.6 Å². The van der Waals surface area contributed by atoms with Gasteiger partial charge in [0.2, 0.25) is 0 Å². The Morgan fingerprint density at radius 1 is 1.23 bits per heavy atom. The molecular formula is C18H30N4. The van der Waals surface area contributed by atoms with Gasteiger partial charge in [0.1, 0.15) is 0 Å². The van der Waals surface area contributed by atoms with Crippen LogP contribution in [-0.4, -0.2) is 40.4 Å². The summed E-state index contributed by atoms with van der Waals surface area (Å²) in [7, 11) is 2.15. The van der Waals surface area contributed by atoms with Crippen LogP contribution in [0.25, 0.3) is 0 Å². The zero-order valence-electron chi connectivity index (χ0n) is 13.9. The largest absolute Gasteiger partial charge is 0.329 e. The molecule has 3 saturated heterocycles. The quantitative estimate of drug-likeness (QED) is 0.933. The molecule has 0 radical (unpaired) electrons. The second kappa shape index (κ2) is 5.97. The van der Waals surface area contributed by atoms with Crippen molar-refractivity contribution in [2.45, 2.75) is 62.8 Å². The van der Waals surface area contributed by atoms with Crippen LogP contribution in [-0.2, 0) is 7.05 Å². The fraction of sp³-hybridized carbons (Fsp3) is 0.833. The van der Waals surface area contributed by atoms with Gasteiger partial charge in [-0.3, -0.25) is 9.58 Å².